The van der Waals surface area contributed by atoms with Crippen LogP contribution in [-0.2, 0) is 75.0 Å². The van der Waals surface area contributed by atoms with Gasteiger partial charge in [0.15, 0.2) is 80.1 Å². The van der Waals surface area contributed by atoms with E-state index in [1.165, 1.54) is 37.7 Å². The van der Waals surface area contributed by atoms with E-state index in [1.54, 1.807) is 38.5 Å². The van der Waals surface area contributed by atoms with Gasteiger partial charge < -0.3 is 81.6 Å². The van der Waals surface area contributed by atoms with Gasteiger partial charge in [0.1, 0.15) is 37.0 Å². The van der Waals surface area contributed by atoms with Gasteiger partial charge in [-0.15, -0.1) is 23.5 Å². The minimum absolute atomic E-state index is 0. The normalized spacial score (nSPS) is 24.8. The highest BCUT2D eigenvalue weighted by molar-refractivity contribution is 7.99. The van der Waals surface area contributed by atoms with Crippen LogP contribution in [-0.4, -0.2) is 201 Å². The van der Waals surface area contributed by atoms with E-state index in [4.69, 9.17) is 66.3 Å². The summed E-state index contributed by atoms with van der Waals surface area (Å²) in [7, 11) is 10.2. The molecule has 5 N–H and O–H groups in total. The minimum Gasteiger partial charge on any atom is -0.504 e. The number of nitrogens with one attached hydrogen (secondary N) is 2. The maximum atomic E-state index is 15.1. The number of carbonyl (C=O) groups is 6. The number of fused-ring (bicyclic) bond motifs is 18. The SMILES string of the molecule is C.C.C.CCCCCCCC(=O)Oc1c(C)c2c(c3c1[C@H]1SC[C@]4(NCCc5cc(O)c(OC)cc54)C(=O)OC[C@@H]3N3C1[C@H]1c4c(cc(C)c(OC)c4OC(=O)CCCCCCC)C[C@@H]([C@@H]3C#N)N1C)OCO2.CCCCCCCC(=O)Oc1c(C)c2c(c3c1[C@H]1SC[C@]4(NCCc5cc(O)c(OC)cc54)C(=O)OC[C@@H]3N3C1[C@H]1c4c(cc(C)c(OC)c4OC(=O)CCCCCCC)C[C@@H]([C@@H]3O)N1C)OCO2. The fraction of sp³-hybridized carbons (Fsp3) is 0.609. The van der Waals surface area contributed by atoms with E-state index in [-0.39, 0.29) is 139 Å². The van der Waals surface area contributed by atoms with Crippen LogP contribution < -0.4 is 67.5 Å². The number of aliphatic hydroxyl groups excluding tert-OH is 1. The number of benzene rings is 6. The summed E-state index contributed by atoms with van der Waals surface area (Å²) in [6.07, 6.45) is 21.3. The van der Waals surface area contributed by atoms with Crippen molar-refractivity contribution in [2.75, 3.05) is 93.9 Å². The Morgan fingerprint density at radius 2 is 0.810 bits per heavy atom. The van der Waals surface area contributed by atoms with Crippen LogP contribution >= 0.6 is 23.5 Å². The molecule has 14 heterocycles. The minimum atomic E-state index is -1.40. The van der Waals surface area contributed by atoms with Gasteiger partial charge in [-0.2, -0.15) is 5.26 Å². The molecule has 14 aliphatic rings. The molecule has 6 aromatic rings. The molecule has 20 rings (SSSR count). The van der Waals surface area contributed by atoms with Crippen molar-refractivity contribution >= 4 is 59.3 Å². The van der Waals surface area contributed by atoms with Crippen LogP contribution in [0.2, 0.25) is 0 Å². The number of nitrogens with zero attached hydrogens (tertiary/aromatic N) is 5. The number of aliphatic hydroxyl groups is 1. The third-order valence-electron chi connectivity index (χ3n) is 31.0. The van der Waals surface area contributed by atoms with E-state index in [2.05, 4.69) is 76.1 Å². The lowest BCUT2D eigenvalue weighted by molar-refractivity contribution is -0.186. The van der Waals surface area contributed by atoms with Gasteiger partial charge in [0, 0.05) is 113 Å². The first-order valence-corrected chi connectivity index (χ1v) is 52.5. The number of aromatic hydroxyl groups is 2. The zero-order valence-corrected chi connectivity index (χ0v) is 84.5. The number of ether oxygens (including phenoxy) is 14. The maximum Gasteiger partial charge on any atom is 0.331 e. The number of hydrogen-bond acceptors (Lipinski definition) is 32. The van der Waals surface area contributed by atoms with Crippen LogP contribution in [0.1, 0.15) is 328 Å². The van der Waals surface area contributed by atoms with Crippen molar-refractivity contribution < 1.29 is 110 Å². The average molecular weight is 2000 g/mol. The topological polar surface area (TPSA) is 353 Å². The number of esters is 6. The lowest BCUT2D eigenvalue weighted by atomic mass is 9.71. The molecule has 0 saturated carbocycles. The summed E-state index contributed by atoms with van der Waals surface area (Å²) in [4.78, 5) is 95.2. The predicted molar refractivity (Wildman–Crippen MR) is 543 cm³/mol. The van der Waals surface area contributed by atoms with Crippen molar-refractivity contribution in [2.45, 2.75) is 340 Å². The molecule has 0 amide bonds. The van der Waals surface area contributed by atoms with Gasteiger partial charge in [0.05, 0.1) is 75.2 Å². The molecule has 4 fully saturated rings. The second-order valence-electron chi connectivity index (χ2n) is 39.3. The Balaban J connectivity index is 0.000000221. The molecule has 32 heteroatoms. The van der Waals surface area contributed by atoms with Crippen LogP contribution in [0.3, 0.4) is 0 Å². The number of nitriles is 1. The molecule has 8 bridgehead atoms. The van der Waals surface area contributed by atoms with Crippen LogP contribution in [0, 0.1) is 39.0 Å². The molecular formula is C110H149N7O23S2. The lowest BCUT2D eigenvalue weighted by Gasteiger charge is -2.62. The van der Waals surface area contributed by atoms with Crippen LogP contribution in [0.5, 0.6) is 80.5 Å². The first-order valence-electron chi connectivity index (χ1n) is 50.4. The molecule has 14 aliphatic heterocycles. The third-order valence-corrected chi connectivity index (χ3v) is 33.9. The van der Waals surface area contributed by atoms with E-state index < -0.39 is 88.1 Å². The summed E-state index contributed by atoms with van der Waals surface area (Å²) in [6.45, 7) is 16.6. The van der Waals surface area contributed by atoms with Gasteiger partial charge in [-0.3, -0.25) is 49.4 Å². The Morgan fingerprint density at radius 3 is 1.19 bits per heavy atom. The molecule has 6 aromatic carbocycles. The standard InChI is InChI=1S/C54H68N4O11S.C53H69N3O12S.3CH4/c1-8-10-12-14-16-18-40(60)68-48-31(4)49-50(67-29-66-49)43-37-27-65-53(62)54(34-25-39(63-6)38(59)24-32(34)20-21-56-54)28-70-52(44(43)48)46-45-42-33(23-35(57(45)5)36(26-55)58(37)46)22-30(3)47(64-7)51(42)69-41(61)19-17-15-13-11-9-2;1-8-10-12-14-16-18-38(58)67-46-30(4)47-48(66-28-65-47)41-35-26-64-52(61)53(33-25-37(62-6)36(57)24-31(33)20-21-54-53)27-69-50(42(41)46)44-43-40-32(23-34(55(43)5)51(60)56(35)44)22-29(3)45(63-7)49(40)68-39(59)19-17-15-13-11-9-2;;;/h22,24-25,35-37,45-46,52,56,59H,8-21,23,27-29H2,1-7H3;22,24-25,34-35,43-44,50-51,54,57,60H,8-21,23,26-28H2,1-7H3;3*1H4/t35-,36-,37-,45+,46?,52+,54+;34-,35-,43+,44?,50+,51-,53+;;;/m00.../s1. The van der Waals surface area contributed by atoms with Gasteiger partial charge in [0.25, 0.3) is 0 Å². The zero-order valence-electron chi connectivity index (χ0n) is 82.9. The smallest absolute Gasteiger partial charge is 0.331 e. The van der Waals surface area contributed by atoms with Gasteiger partial charge in [0.2, 0.25) is 13.6 Å². The van der Waals surface area contributed by atoms with Crippen LogP contribution in [0.25, 0.3) is 0 Å². The first kappa shape index (κ1) is 108. The van der Waals surface area contributed by atoms with Crippen molar-refractivity contribution in [3.8, 4) is 86.6 Å². The number of piperazine rings is 2. The Bertz CT molecular complexity index is 5710. The van der Waals surface area contributed by atoms with Crippen molar-refractivity contribution in [1.29, 1.82) is 5.26 Å². The highest BCUT2D eigenvalue weighted by atomic mass is 32.2. The molecule has 142 heavy (non-hydrogen) atoms. The van der Waals surface area contributed by atoms with Gasteiger partial charge in [-0.05, 0) is 162 Å². The Labute approximate surface area is 845 Å². The quantitative estimate of drug-likeness (QED) is 0.0149. The number of aryl methyl sites for hydroxylation is 2. The molecule has 0 aliphatic carbocycles. The number of phenolic OH excluding ortho intramolecular Hbond substituents is 2. The van der Waals surface area contributed by atoms with E-state index in [9.17, 15) is 39.8 Å². The molecule has 14 atom stereocenters. The van der Waals surface area contributed by atoms with E-state index in [0.29, 0.717) is 166 Å². The molecule has 0 radical (unpaired) electrons. The summed E-state index contributed by atoms with van der Waals surface area (Å²) in [5, 5.41) is 52.3. The summed E-state index contributed by atoms with van der Waals surface area (Å²) in [5.41, 5.74) is 9.12. The fourth-order valence-corrected chi connectivity index (χ4v) is 27.6. The second kappa shape index (κ2) is 46.2. The van der Waals surface area contributed by atoms with E-state index >= 15 is 9.59 Å². The Hall–Kier alpha value is -9.95. The van der Waals surface area contributed by atoms with Crippen LogP contribution in [0.4, 0.5) is 0 Å². The van der Waals surface area contributed by atoms with Crippen molar-refractivity contribution in [3.05, 3.63) is 125 Å². The predicted octanol–water partition coefficient (Wildman–Crippen LogP) is 19.1. The number of rotatable bonds is 32. The number of phenols is 2. The van der Waals surface area contributed by atoms with Gasteiger partial charge in [-0.1, -0.05) is 165 Å². The second-order valence-corrected chi connectivity index (χ2v) is 41.6. The third kappa shape index (κ3) is 19.6. The number of carbonyl (C=O) groups excluding carboxylic acids is 6. The van der Waals surface area contributed by atoms with Gasteiger partial charge >= 0.3 is 35.8 Å². The van der Waals surface area contributed by atoms with E-state index in [1.807, 2.05) is 41.8 Å². The molecule has 30 nitrogen and oxygen atoms in total. The maximum absolute atomic E-state index is 15.1. The number of methoxy groups -OCH3 is 4. The van der Waals surface area contributed by atoms with Crippen molar-refractivity contribution in [2.24, 2.45) is 0 Å². The number of thioether (sulfide) groups is 2. The largest absolute Gasteiger partial charge is 0.504 e. The first-order chi connectivity index (χ1) is 67.3. The highest BCUT2D eigenvalue weighted by Crippen LogP contribution is 2.68. The van der Waals surface area contributed by atoms with Crippen molar-refractivity contribution in [3.63, 3.8) is 0 Å². The molecular weight excluding hydrogens is 1850 g/mol. The highest BCUT2D eigenvalue weighted by Gasteiger charge is 2.65. The number of hydrogen-bond donors (Lipinski definition) is 5. The monoisotopic (exact) mass is 2000 g/mol. The zero-order chi connectivity index (χ0) is 98.2. The van der Waals surface area contributed by atoms with Crippen molar-refractivity contribution in [1.82, 2.24) is 30.2 Å². The average Bonchev–Trinajstić information content (AvgIpc) is 0.998. The fourth-order valence-electron chi connectivity index (χ4n) is 24.2. The van der Waals surface area contributed by atoms with E-state index in [0.717, 1.165) is 147 Å². The molecule has 0 aromatic heterocycles. The summed E-state index contributed by atoms with van der Waals surface area (Å²) < 4.78 is 88.1. The van der Waals surface area contributed by atoms with Gasteiger partial charge in [-0.25, -0.2) is 9.59 Å². The summed E-state index contributed by atoms with van der Waals surface area (Å²) in [6, 6.07) is 8.34. The summed E-state index contributed by atoms with van der Waals surface area (Å²) in [5.74, 6) is 2.48. The molecule has 774 valence electrons. The number of unbranched alkanes of at least 4 members (excludes halogenated alkanes) is 16. The van der Waals surface area contributed by atoms with Crippen LogP contribution in [0.15, 0.2) is 36.4 Å². The molecule has 2 unspecified atom stereocenters. The summed E-state index contributed by atoms with van der Waals surface area (Å²) >= 11 is 3.01. The molecule has 4 saturated heterocycles. The number of likely N-dealkylation sites (N-methyl/N-ethyl adjacent to an activating group) is 2. The molecule has 2 spiro atoms. The lowest BCUT2D eigenvalue weighted by Crippen LogP contribution is -2.70. The Kier molecular flexibility index (Phi) is 35.1. The Morgan fingerprint density at radius 1 is 0.451 bits per heavy atom.